The molecule has 41 heavy (non-hydrogen) atoms. The lowest BCUT2D eigenvalue weighted by atomic mass is 9.76. The number of nitrogens with one attached hydrogen (secondary N) is 2. The Morgan fingerprint density at radius 2 is 1.90 bits per heavy atom. The van der Waals surface area contributed by atoms with Crippen LogP contribution in [0, 0.1) is 24.7 Å². The molecule has 0 radical (unpaired) electrons. The van der Waals surface area contributed by atoms with Gasteiger partial charge in [-0.2, -0.15) is 0 Å². The van der Waals surface area contributed by atoms with E-state index < -0.39 is 29.6 Å². The minimum absolute atomic E-state index is 0.0521. The van der Waals surface area contributed by atoms with E-state index in [1.165, 1.54) is 0 Å². The van der Waals surface area contributed by atoms with E-state index in [1.54, 1.807) is 42.3 Å². The SMILES string of the molecule is COc1ccc(C)cc1NC(=O)C1[C@@H]2C=CC3(CN(C(C(=O)NC4CCCCC4C)c4ccc(Cl)cc4)C(=O)[C@H]13)O2. The van der Waals surface area contributed by atoms with Crippen molar-refractivity contribution in [2.24, 2.45) is 17.8 Å². The normalized spacial score (nSPS) is 30.7. The molecule has 6 rings (SSSR count). The average molecular weight is 578 g/mol. The molecule has 1 aliphatic carbocycles. The van der Waals surface area contributed by atoms with Crippen molar-refractivity contribution in [3.8, 4) is 5.75 Å². The molecule has 5 unspecified atom stereocenters. The number of fused-ring (bicyclic) bond motifs is 1. The van der Waals surface area contributed by atoms with Crippen molar-refractivity contribution in [2.75, 3.05) is 19.0 Å². The number of methoxy groups -OCH3 is 1. The maximum Gasteiger partial charge on any atom is 0.247 e. The minimum atomic E-state index is -0.969. The van der Waals surface area contributed by atoms with E-state index in [0.717, 1.165) is 31.2 Å². The standard InChI is InChI=1S/C32H36ClN3O5/c1-18-8-13-24(40-3)23(16-18)35-29(37)26-25-14-15-32(41-25)17-36(31(39)27(26)32)28(20-9-11-21(33)12-10-20)30(38)34-22-7-5-4-6-19(22)2/h8-16,19,22,25-28H,4-7,17H2,1-3H3,(H,34,38)(H,35,37)/t19?,22?,25-,26?,27-,28?,32?/m0/s1. The van der Waals surface area contributed by atoms with Crippen LogP contribution in [-0.4, -0.2) is 54.0 Å². The minimum Gasteiger partial charge on any atom is -0.495 e. The van der Waals surface area contributed by atoms with Crippen LogP contribution in [-0.2, 0) is 19.1 Å². The number of anilines is 1. The zero-order valence-electron chi connectivity index (χ0n) is 23.6. The summed E-state index contributed by atoms with van der Waals surface area (Å²) < 4.78 is 11.8. The van der Waals surface area contributed by atoms with Crippen LogP contribution in [0.4, 0.5) is 5.69 Å². The van der Waals surface area contributed by atoms with Gasteiger partial charge in [-0.05, 0) is 61.1 Å². The highest BCUT2D eigenvalue weighted by Crippen LogP contribution is 2.53. The highest BCUT2D eigenvalue weighted by Gasteiger charge is 2.68. The van der Waals surface area contributed by atoms with E-state index in [1.807, 2.05) is 31.2 Å². The molecule has 2 bridgehead atoms. The molecule has 9 heteroatoms. The Morgan fingerprint density at radius 1 is 1.15 bits per heavy atom. The van der Waals surface area contributed by atoms with Crippen LogP contribution < -0.4 is 15.4 Å². The molecule has 0 aromatic heterocycles. The molecular weight excluding hydrogens is 542 g/mol. The highest BCUT2D eigenvalue weighted by molar-refractivity contribution is 6.30. The Hall–Kier alpha value is -3.36. The second-order valence-electron chi connectivity index (χ2n) is 11.9. The molecule has 1 spiro atoms. The van der Waals surface area contributed by atoms with Gasteiger partial charge in [-0.1, -0.05) is 61.7 Å². The molecule has 8 nitrogen and oxygen atoms in total. The number of hydrogen-bond donors (Lipinski definition) is 2. The molecule has 4 aliphatic rings. The van der Waals surface area contributed by atoms with Gasteiger partial charge in [0.25, 0.3) is 0 Å². The van der Waals surface area contributed by atoms with E-state index in [0.29, 0.717) is 27.9 Å². The number of aryl methyl sites for hydroxylation is 1. The van der Waals surface area contributed by atoms with Crippen LogP contribution in [0.2, 0.25) is 5.02 Å². The van der Waals surface area contributed by atoms with Gasteiger partial charge in [0.15, 0.2) is 0 Å². The summed E-state index contributed by atoms with van der Waals surface area (Å²) >= 11 is 6.18. The van der Waals surface area contributed by atoms with Crippen molar-refractivity contribution in [2.45, 2.75) is 63.3 Å². The fraction of sp³-hybridized carbons (Fsp3) is 0.469. The fourth-order valence-electron chi connectivity index (χ4n) is 7.09. The Balaban J connectivity index is 1.30. The van der Waals surface area contributed by atoms with E-state index in [2.05, 4.69) is 17.6 Å². The summed E-state index contributed by atoms with van der Waals surface area (Å²) in [7, 11) is 1.55. The Bertz CT molecular complexity index is 1390. The van der Waals surface area contributed by atoms with Gasteiger partial charge in [-0.3, -0.25) is 14.4 Å². The van der Waals surface area contributed by atoms with Crippen molar-refractivity contribution in [3.05, 3.63) is 70.8 Å². The topological polar surface area (TPSA) is 97.0 Å². The lowest BCUT2D eigenvalue weighted by Crippen LogP contribution is -2.49. The molecule has 3 amide bonds. The molecule has 2 N–H and O–H groups in total. The number of ether oxygens (including phenoxy) is 2. The first-order valence-electron chi connectivity index (χ1n) is 14.4. The van der Waals surface area contributed by atoms with Gasteiger partial charge in [0, 0.05) is 11.1 Å². The van der Waals surface area contributed by atoms with Crippen molar-refractivity contribution in [3.63, 3.8) is 0 Å². The van der Waals surface area contributed by atoms with E-state index in [9.17, 15) is 14.4 Å². The summed E-state index contributed by atoms with van der Waals surface area (Å²) in [6.45, 7) is 4.28. The predicted molar refractivity (Wildman–Crippen MR) is 156 cm³/mol. The number of carbonyl (C=O) groups excluding carboxylic acids is 3. The van der Waals surface area contributed by atoms with Gasteiger partial charge in [-0.25, -0.2) is 0 Å². The van der Waals surface area contributed by atoms with Crippen molar-refractivity contribution < 1.29 is 23.9 Å². The smallest absolute Gasteiger partial charge is 0.247 e. The number of hydrogen-bond acceptors (Lipinski definition) is 5. The number of likely N-dealkylation sites (tertiary alicyclic amines) is 1. The molecule has 2 saturated heterocycles. The van der Waals surface area contributed by atoms with E-state index in [4.69, 9.17) is 21.1 Å². The van der Waals surface area contributed by atoms with Crippen LogP contribution in [0.3, 0.4) is 0 Å². The molecule has 216 valence electrons. The van der Waals surface area contributed by atoms with Crippen molar-refractivity contribution in [1.82, 2.24) is 10.2 Å². The van der Waals surface area contributed by atoms with Crippen LogP contribution in [0.5, 0.6) is 5.75 Å². The van der Waals surface area contributed by atoms with Gasteiger partial charge < -0.3 is 25.0 Å². The second kappa shape index (κ2) is 10.8. The Labute approximate surface area is 245 Å². The number of nitrogens with zero attached hydrogens (tertiary/aromatic N) is 1. The van der Waals surface area contributed by atoms with Crippen LogP contribution in [0.25, 0.3) is 0 Å². The summed E-state index contributed by atoms with van der Waals surface area (Å²) in [4.78, 5) is 43.6. The lowest BCUT2D eigenvalue weighted by molar-refractivity contribution is -0.142. The first kappa shape index (κ1) is 27.8. The van der Waals surface area contributed by atoms with Crippen LogP contribution in [0.15, 0.2) is 54.6 Å². The number of carbonyl (C=O) groups is 3. The van der Waals surface area contributed by atoms with Gasteiger partial charge >= 0.3 is 0 Å². The third-order valence-electron chi connectivity index (χ3n) is 9.23. The third kappa shape index (κ3) is 4.91. The molecule has 2 aromatic carbocycles. The summed E-state index contributed by atoms with van der Waals surface area (Å²) in [5.41, 5.74) is 1.21. The zero-order chi connectivity index (χ0) is 28.9. The van der Waals surface area contributed by atoms with Gasteiger partial charge in [0.1, 0.15) is 17.4 Å². The van der Waals surface area contributed by atoms with Gasteiger partial charge in [0.05, 0.1) is 37.3 Å². The molecule has 3 heterocycles. The van der Waals surface area contributed by atoms with E-state index >= 15 is 0 Å². The van der Waals surface area contributed by atoms with Gasteiger partial charge in [0.2, 0.25) is 17.7 Å². The molecule has 3 aliphatic heterocycles. The van der Waals surface area contributed by atoms with Crippen molar-refractivity contribution in [1.29, 1.82) is 0 Å². The quantitative estimate of drug-likeness (QED) is 0.460. The first-order chi connectivity index (χ1) is 19.7. The number of benzene rings is 2. The number of rotatable bonds is 7. The van der Waals surface area contributed by atoms with Crippen LogP contribution >= 0.6 is 11.6 Å². The zero-order valence-corrected chi connectivity index (χ0v) is 24.3. The molecular formula is C32H36ClN3O5. The molecule has 7 atom stereocenters. The fourth-order valence-corrected chi connectivity index (χ4v) is 7.22. The summed E-state index contributed by atoms with van der Waals surface area (Å²) in [5, 5.41) is 6.78. The molecule has 1 saturated carbocycles. The maximum atomic E-state index is 14.3. The summed E-state index contributed by atoms with van der Waals surface area (Å²) in [6.07, 6.45) is 7.45. The maximum absolute atomic E-state index is 14.3. The largest absolute Gasteiger partial charge is 0.495 e. The number of halogens is 1. The van der Waals surface area contributed by atoms with E-state index in [-0.39, 0.29) is 30.3 Å². The van der Waals surface area contributed by atoms with Crippen LogP contribution in [0.1, 0.15) is 49.8 Å². The average Bonchev–Trinajstić information content (AvgIpc) is 3.59. The van der Waals surface area contributed by atoms with Crippen molar-refractivity contribution >= 4 is 35.0 Å². The number of amides is 3. The third-order valence-corrected chi connectivity index (χ3v) is 9.48. The summed E-state index contributed by atoms with van der Waals surface area (Å²) in [6, 6.07) is 11.8. The Kier molecular flexibility index (Phi) is 7.32. The lowest BCUT2D eigenvalue weighted by Gasteiger charge is -2.34. The molecule has 3 fully saturated rings. The predicted octanol–water partition coefficient (Wildman–Crippen LogP) is 4.81. The van der Waals surface area contributed by atoms with Gasteiger partial charge in [-0.15, -0.1) is 0 Å². The molecule has 2 aromatic rings. The Morgan fingerprint density at radius 3 is 2.63 bits per heavy atom. The summed E-state index contributed by atoms with van der Waals surface area (Å²) in [5.74, 6) is -1.39. The first-order valence-corrected chi connectivity index (χ1v) is 14.8. The highest BCUT2D eigenvalue weighted by atomic mass is 35.5. The monoisotopic (exact) mass is 577 g/mol. The second-order valence-corrected chi connectivity index (χ2v) is 12.3.